The monoisotopic (exact) mass is 563 g/mol. The van der Waals surface area contributed by atoms with Crippen LogP contribution in [0, 0.1) is 12.7 Å². The molecule has 0 fully saturated rings. The zero-order valence-corrected chi connectivity index (χ0v) is 25.2. The zero-order chi connectivity index (χ0) is 29.2. The van der Waals surface area contributed by atoms with Crippen LogP contribution in [-0.4, -0.2) is 41.3 Å². The molecule has 9 heteroatoms. The summed E-state index contributed by atoms with van der Waals surface area (Å²) in [6, 6.07) is 14.3. The number of benzene rings is 2. The Morgan fingerprint density at radius 3 is 2.35 bits per heavy atom. The summed E-state index contributed by atoms with van der Waals surface area (Å²) in [6.45, 7) is 12.9. The zero-order valence-electron chi connectivity index (χ0n) is 24.2. The molecule has 0 spiro atoms. The summed E-state index contributed by atoms with van der Waals surface area (Å²) in [5.41, 5.74) is 2.76. The molecule has 7 nitrogen and oxygen atoms in total. The molecule has 0 saturated carbocycles. The number of aryl methyl sites for hydroxylation is 1. The van der Waals surface area contributed by atoms with Gasteiger partial charge in [-0.15, -0.1) is 0 Å². The summed E-state index contributed by atoms with van der Waals surface area (Å²) in [5, 5.41) is 11.4. The molecule has 1 N–H and O–H groups in total. The molecular formula is C31H38FN3O4Si. The fourth-order valence-corrected chi connectivity index (χ4v) is 5.32. The van der Waals surface area contributed by atoms with Gasteiger partial charge in [0.05, 0.1) is 43.0 Å². The Kier molecular flexibility index (Phi) is 8.48. The van der Waals surface area contributed by atoms with Crippen molar-refractivity contribution >= 4 is 8.32 Å². The third-order valence-corrected chi connectivity index (χ3v) is 12.3. The van der Waals surface area contributed by atoms with Gasteiger partial charge in [-0.2, -0.15) is 0 Å². The minimum absolute atomic E-state index is 0.0238. The van der Waals surface area contributed by atoms with Gasteiger partial charge in [0.2, 0.25) is 0 Å². The second-order valence-electron chi connectivity index (χ2n) is 11.6. The van der Waals surface area contributed by atoms with Crippen molar-refractivity contribution in [3.63, 3.8) is 0 Å². The van der Waals surface area contributed by atoms with Gasteiger partial charge >= 0.3 is 0 Å². The maximum Gasteiger partial charge on any atom is 0.257 e. The fourth-order valence-electron chi connectivity index (χ4n) is 4.32. The van der Waals surface area contributed by atoms with Crippen molar-refractivity contribution in [1.29, 1.82) is 0 Å². The number of aliphatic hydroxyl groups is 1. The van der Waals surface area contributed by atoms with E-state index < -0.39 is 20.5 Å². The maximum atomic E-state index is 13.9. The molecule has 2 heterocycles. The Balaban J connectivity index is 1.72. The van der Waals surface area contributed by atoms with E-state index in [0.29, 0.717) is 11.3 Å². The first kappa shape index (κ1) is 29.4. The van der Waals surface area contributed by atoms with Crippen LogP contribution in [-0.2, 0) is 4.43 Å². The number of methoxy groups -OCH3 is 1. The fraction of sp³-hybridized carbons (Fsp3) is 0.355. The second kappa shape index (κ2) is 11.5. The standard InChI is InChI=1S/C31H38FN3O4Si/c1-21-18-34(20-33-21)26-15-12-23(17-28(26)38-5)29(36)25-9-8-16-35(30(25)37)27(22-10-13-24(32)14-11-22)19-39-40(6,7)31(2,3)4/h8-18,20,27,29,36H,19H2,1-7H3. The lowest BCUT2D eigenvalue weighted by Gasteiger charge is -2.37. The minimum Gasteiger partial charge on any atom is -0.495 e. The van der Waals surface area contributed by atoms with E-state index in [1.165, 1.54) is 12.1 Å². The van der Waals surface area contributed by atoms with Crippen molar-refractivity contribution in [3.8, 4) is 11.4 Å². The highest BCUT2D eigenvalue weighted by Gasteiger charge is 2.38. The van der Waals surface area contributed by atoms with Crippen LogP contribution in [0.4, 0.5) is 4.39 Å². The summed E-state index contributed by atoms with van der Waals surface area (Å²) in [5.74, 6) is 0.185. The number of imidazole rings is 1. The van der Waals surface area contributed by atoms with Crippen LogP contribution in [0.15, 0.2) is 78.1 Å². The van der Waals surface area contributed by atoms with Crippen molar-refractivity contribution in [2.75, 3.05) is 13.7 Å². The lowest BCUT2D eigenvalue weighted by atomic mass is 10.0. The van der Waals surface area contributed by atoms with Gasteiger partial charge in [-0.3, -0.25) is 4.79 Å². The Morgan fingerprint density at radius 2 is 1.75 bits per heavy atom. The van der Waals surface area contributed by atoms with Gasteiger partial charge in [0.1, 0.15) is 17.7 Å². The van der Waals surface area contributed by atoms with Crippen molar-refractivity contribution in [3.05, 3.63) is 112 Å². The number of pyridine rings is 1. The van der Waals surface area contributed by atoms with Gasteiger partial charge in [-0.05, 0) is 72.6 Å². The van der Waals surface area contributed by atoms with E-state index in [1.54, 1.807) is 60.6 Å². The number of aromatic nitrogens is 3. The lowest BCUT2D eigenvalue weighted by molar-refractivity contribution is 0.214. The molecule has 0 aliphatic carbocycles. The smallest absolute Gasteiger partial charge is 0.257 e. The molecule has 2 unspecified atom stereocenters. The number of hydrogen-bond acceptors (Lipinski definition) is 5. The van der Waals surface area contributed by atoms with Crippen LogP contribution in [0.2, 0.25) is 18.1 Å². The third kappa shape index (κ3) is 6.11. The van der Waals surface area contributed by atoms with Crippen LogP contribution in [0.3, 0.4) is 0 Å². The number of ether oxygens (including phenoxy) is 1. The molecule has 0 aliphatic rings. The van der Waals surface area contributed by atoms with Gasteiger partial charge in [-0.1, -0.05) is 39.0 Å². The Bertz CT molecular complexity index is 1520. The second-order valence-corrected chi connectivity index (χ2v) is 16.4. The first-order valence-corrected chi connectivity index (χ1v) is 16.2. The molecule has 0 aliphatic heterocycles. The average molecular weight is 564 g/mol. The van der Waals surface area contributed by atoms with Gasteiger partial charge in [-0.25, -0.2) is 9.37 Å². The van der Waals surface area contributed by atoms with Crippen molar-refractivity contribution < 1.29 is 18.7 Å². The Morgan fingerprint density at radius 1 is 1.07 bits per heavy atom. The van der Waals surface area contributed by atoms with Gasteiger partial charge < -0.3 is 23.4 Å². The van der Waals surface area contributed by atoms with Crippen molar-refractivity contribution in [2.45, 2.75) is 58.0 Å². The maximum absolute atomic E-state index is 13.9. The van der Waals surface area contributed by atoms with Crippen LogP contribution >= 0.6 is 0 Å². The Labute approximate surface area is 236 Å². The molecule has 4 aromatic rings. The number of aliphatic hydroxyl groups excluding tert-OH is 1. The van der Waals surface area contributed by atoms with Crippen molar-refractivity contribution in [2.24, 2.45) is 0 Å². The molecule has 0 saturated heterocycles. The highest BCUT2D eigenvalue weighted by Crippen LogP contribution is 2.37. The molecule has 0 amide bonds. The minimum atomic E-state index is -2.15. The van der Waals surface area contributed by atoms with E-state index in [0.717, 1.165) is 16.9 Å². The van der Waals surface area contributed by atoms with Gasteiger partial charge in [0, 0.05) is 12.4 Å². The van der Waals surface area contributed by atoms with Gasteiger partial charge in [0.25, 0.3) is 5.56 Å². The summed E-state index contributed by atoms with van der Waals surface area (Å²) in [4.78, 5) is 18.1. The van der Waals surface area contributed by atoms with E-state index in [-0.39, 0.29) is 28.6 Å². The predicted octanol–water partition coefficient (Wildman–Crippen LogP) is 6.18. The molecule has 4 rings (SSSR count). The average Bonchev–Trinajstić information content (AvgIpc) is 3.35. The van der Waals surface area contributed by atoms with E-state index in [4.69, 9.17) is 9.16 Å². The molecule has 212 valence electrons. The lowest BCUT2D eigenvalue weighted by Crippen LogP contribution is -2.43. The highest BCUT2D eigenvalue weighted by molar-refractivity contribution is 6.74. The summed E-state index contributed by atoms with van der Waals surface area (Å²) in [7, 11) is -0.592. The van der Waals surface area contributed by atoms with Crippen LogP contribution in [0.25, 0.3) is 5.69 Å². The van der Waals surface area contributed by atoms with E-state index >= 15 is 0 Å². The Hall–Kier alpha value is -3.53. The normalized spacial score (nSPS) is 13.7. The van der Waals surface area contributed by atoms with Crippen LogP contribution < -0.4 is 10.3 Å². The molecule has 40 heavy (non-hydrogen) atoms. The summed E-state index contributed by atoms with van der Waals surface area (Å²) < 4.78 is 29.3. The summed E-state index contributed by atoms with van der Waals surface area (Å²) >= 11 is 0. The predicted molar refractivity (Wildman–Crippen MR) is 157 cm³/mol. The SMILES string of the molecule is COc1cc(C(O)c2cccn(C(CO[Si](C)(C)C(C)(C)C)c3ccc(F)cc3)c2=O)ccc1-n1cnc(C)c1. The topological polar surface area (TPSA) is 78.5 Å². The van der Waals surface area contributed by atoms with Crippen LogP contribution in [0.5, 0.6) is 5.75 Å². The quantitative estimate of drug-likeness (QED) is 0.246. The van der Waals surface area contributed by atoms with Gasteiger partial charge in [0.15, 0.2) is 8.32 Å². The third-order valence-electron chi connectivity index (χ3n) is 7.81. The summed E-state index contributed by atoms with van der Waals surface area (Å²) in [6.07, 6.45) is 4.07. The van der Waals surface area contributed by atoms with E-state index in [2.05, 4.69) is 38.8 Å². The number of nitrogens with zero attached hydrogens (tertiary/aromatic N) is 3. The largest absolute Gasteiger partial charge is 0.495 e. The van der Waals surface area contributed by atoms with Crippen LogP contribution in [0.1, 0.15) is 55.3 Å². The van der Waals surface area contributed by atoms with E-state index in [9.17, 15) is 14.3 Å². The number of rotatable bonds is 9. The number of hydrogen-bond donors (Lipinski definition) is 1. The molecule has 2 atom stereocenters. The molecule has 2 aromatic carbocycles. The number of halogens is 1. The van der Waals surface area contributed by atoms with E-state index in [1.807, 2.05) is 23.8 Å². The first-order valence-electron chi connectivity index (χ1n) is 13.3. The molecule has 0 radical (unpaired) electrons. The van der Waals surface area contributed by atoms with Crippen molar-refractivity contribution in [1.82, 2.24) is 14.1 Å². The molecule has 2 aromatic heterocycles. The first-order chi connectivity index (χ1) is 18.8. The highest BCUT2D eigenvalue weighted by atomic mass is 28.4. The molecule has 0 bridgehead atoms. The molecular weight excluding hydrogens is 525 g/mol.